The fourth-order valence-corrected chi connectivity index (χ4v) is 8.57. The molecule has 9 nitrogen and oxygen atoms in total. The fraction of sp³-hybridized carbons (Fsp3) is 0.500. The third-order valence-electron chi connectivity index (χ3n) is 6.55. The number of rotatable bonds is 7. The summed E-state index contributed by atoms with van der Waals surface area (Å²) in [4.78, 5) is 33.2. The summed E-state index contributed by atoms with van der Waals surface area (Å²) in [7, 11) is -4.05. The Morgan fingerprint density at radius 1 is 1.18 bits per heavy atom. The number of sulfone groups is 1. The lowest BCUT2D eigenvalue weighted by Crippen LogP contribution is -2.43. The standard InChI is InChI=1S/C24H26BrF3N2O7S2/c25-19-9-8-18(38-19)23(15-20(31)29-37-21-7-3-4-13-35-21)10-11-30(12-14-39(23,33)34)22(32)16-5-1-2-6-17(16)36-24(26,27)28/h1-2,5-6,8-9,21H,3-4,7,10-15H2,(H,29,31). The molecule has 0 aliphatic carbocycles. The fourth-order valence-electron chi connectivity index (χ4n) is 4.59. The van der Waals surface area contributed by atoms with Gasteiger partial charge in [0.15, 0.2) is 16.1 Å². The van der Waals surface area contributed by atoms with Crippen LogP contribution in [0.4, 0.5) is 13.2 Å². The van der Waals surface area contributed by atoms with Crippen molar-refractivity contribution in [2.45, 2.75) is 49.5 Å². The largest absolute Gasteiger partial charge is 0.573 e. The minimum Gasteiger partial charge on any atom is -0.405 e. The number of para-hydroxylation sites is 1. The average Bonchev–Trinajstić information content (AvgIpc) is 3.27. The summed E-state index contributed by atoms with van der Waals surface area (Å²) in [5, 5.41) is 0. The molecule has 3 heterocycles. The van der Waals surface area contributed by atoms with E-state index in [1.165, 1.54) is 23.1 Å². The van der Waals surface area contributed by atoms with Crippen molar-refractivity contribution in [3.8, 4) is 5.75 Å². The van der Waals surface area contributed by atoms with E-state index in [2.05, 4.69) is 26.1 Å². The second-order valence-corrected chi connectivity index (χ2v) is 14.0. The van der Waals surface area contributed by atoms with E-state index in [9.17, 15) is 31.2 Å². The van der Waals surface area contributed by atoms with Gasteiger partial charge in [-0.2, -0.15) is 0 Å². The number of hydroxylamine groups is 1. The number of ether oxygens (including phenoxy) is 2. The van der Waals surface area contributed by atoms with E-state index in [1.54, 1.807) is 12.1 Å². The lowest BCUT2D eigenvalue weighted by molar-refractivity contribution is -0.274. The van der Waals surface area contributed by atoms with Crippen LogP contribution in [0.15, 0.2) is 40.2 Å². The zero-order valence-electron chi connectivity index (χ0n) is 20.5. The minimum atomic E-state index is -5.02. The number of benzene rings is 1. The van der Waals surface area contributed by atoms with Gasteiger partial charge < -0.3 is 14.4 Å². The molecule has 2 aliphatic heterocycles. The third-order valence-corrected chi connectivity index (χ3v) is 11.0. The van der Waals surface area contributed by atoms with Crippen molar-refractivity contribution >= 4 is 48.9 Å². The molecular weight excluding hydrogens is 629 g/mol. The quantitative estimate of drug-likeness (QED) is 0.437. The van der Waals surface area contributed by atoms with Crippen molar-refractivity contribution in [1.82, 2.24) is 10.4 Å². The molecule has 0 bridgehead atoms. The summed E-state index contributed by atoms with van der Waals surface area (Å²) in [5.74, 6) is -2.68. The van der Waals surface area contributed by atoms with Crippen molar-refractivity contribution in [3.63, 3.8) is 0 Å². The molecular formula is C24H26BrF3N2O7S2. The Morgan fingerprint density at radius 3 is 2.62 bits per heavy atom. The highest BCUT2D eigenvalue weighted by atomic mass is 79.9. The molecule has 0 saturated carbocycles. The Balaban J connectivity index is 1.59. The first-order valence-corrected chi connectivity index (χ1v) is 15.3. The van der Waals surface area contributed by atoms with Crippen LogP contribution in [-0.2, 0) is 29.0 Å². The molecule has 15 heteroatoms. The molecule has 1 aromatic heterocycles. The highest BCUT2D eigenvalue weighted by Crippen LogP contribution is 2.44. The number of hydrogen-bond donors (Lipinski definition) is 1. The molecule has 2 atom stereocenters. The Morgan fingerprint density at radius 2 is 1.95 bits per heavy atom. The number of carbonyl (C=O) groups excluding carboxylic acids is 2. The predicted octanol–water partition coefficient (Wildman–Crippen LogP) is 4.53. The van der Waals surface area contributed by atoms with E-state index in [-0.39, 0.29) is 25.1 Å². The van der Waals surface area contributed by atoms with Gasteiger partial charge in [0.05, 0.1) is 21.5 Å². The van der Waals surface area contributed by atoms with E-state index >= 15 is 0 Å². The van der Waals surface area contributed by atoms with Gasteiger partial charge >= 0.3 is 6.36 Å². The van der Waals surface area contributed by atoms with Crippen LogP contribution in [0, 0.1) is 0 Å². The Hall–Kier alpha value is -2.20. The number of hydrogen-bond acceptors (Lipinski definition) is 8. The van der Waals surface area contributed by atoms with Crippen LogP contribution in [0.1, 0.15) is 47.3 Å². The zero-order valence-corrected chi connectivity index (χ0v) is 23.8. The van der Waals surface area contributed by atoms with Crippen LogP contribution in [0.3, 0.4) is 0 Å². The topological polar surface area (TPSA) is 111 Å². The van der Waals surface area contributed by atoms with E-state index in [1.807, 2.05) is 0 Å². The molecule has 2 saturated heterocycles. The molecule has 2 aliphatic rings. The van der Waals surface area contributed by atoms with Gasteiger partial charge in [0.25, 0.3) is 5.91 Å². The monoisotopic (exact) mass is 654 g/mol. The maximum absolute atomic E-state index is 13.8. The van der Waals surface area contributed by atoms with Crippen LogP contribution >= 0.6 is 27.3 Å². The summed E-state index contributed by atoms with van der Waals surface area (Å²) < 4.78 is 74.6. The lowest BCUT2D eigenvalue weighted by atomic mass is 9.97. The zero-order chi connectivity index (χ0) is 28.3. The molecule has 2 aromatic rings. The number of thiophene rings is 1. The number of amides is 2. The smallest absolute Gasteiger partial charge is 0.405 e. The predicted molar refractivity (Wildman–Crippen MR) is 139 cm³/mol. The second-order valence-electron chi connectivity index (χ2n) is 9.12. The van der Waals surface area contributed by atoms with Crippen LogP contribution in [-0.4, -0.2) is 63.2 Å². The first kappa shape index (κ1) is 29.8. The van der Waals surface area contributed by atoms with E-state index < -0.39 is 57.0 Å². The summed E-state index contributed by atoms with van der Waals surface area (Å²) in [6, 6.07) is 8.16. The van der Waals surface area contributed by atoms with E-state index in [0.717, 1.165) is 30.2 Å². The molecule has 2 fully saturated rings. The second kappa shape index (κ2) is 12.1. The minimum absolute atomic E-state index is 0.131. The number of halogens is 4. The van der Waals surface area contributed by atoms with Crippen LogP contribution in [0.25, 0.3) is 0 Å². The molecule has 2 unspecified atom stereocenters. The van der Waals surface area contributed by atoms with Gasteiger partial charge in [-0.15, -0.1) is 24.5 Å². The van der Waals surface area contributed by atoms with Crippen molar-refractivity contribution in [2.24, 2.45) is 0 Å². The van der Waals surface area contributed by atoms with Crippen molar-refractivity contribution in [3.05, 3.63) is 50.6 Å². The van der Waals surface area contributed by atoms with Gasteiger partial charge in [-0.25, -0.2) is 18.7 Å². The van der Waals surface area contributed by atoms with Gasteiger partial charge in [-0.05, 0) is 59.5 Å². The van der Waals surface area contributed by atoms with Gasteiger partial charge in [0, 0.05) is 31.0 Å². The third kappa shape index (κ3) is 7.12. The maximum Gasteiger partial charge on any atom is 0.573 e. The Labute approximate surface area is 235 Å². The van der Waals surface area contributed by atoms with E-state index in [0.29, 0.717) is 21.7 Å². The number of alkyl halides is 3. The SMILES string of the molecule is O=C(CC1(c2ccc(Br)s2)CCN(C(=O)c2ccccc2OC(F)(F)F)CCS1(=O)=O)NOC1CCCCO1. The number of carbonyl (C=O) groups is 2. The molecule has 1 aromatic carbocycles. The van der Waals surface area contributed by atoms with Crippen LogP contribution in [0.2, 0.25) is 0 Å². The summed E-state index contributed by atoms with van der Waals surface area (Å²) in [5.41, 5.74) is 1.96. The van der Waals surface area contributed by atoms with Gasteiger partial charge in [0.1, 0.15) is 10.5 Å². The van der Waals surface area contributed by atoms with Crippen LogP contribution in [0.5, 0.6) is 5.75 Å². The van der Waals surface area contributed by atoms with Gasteiger partial charge in [0.2, 0.25) is 5.91 Å². The van der Waals surface area contributed by atoms with Gasteiger partial charge in [-0.1, -0.05) is 12.1 Å². The molecule has 1 N–H and O–H groups in total. The number of nitrogens with zero attached hydrogens (tertiary/aromatic N) is 1. The molecule has 39 heavy (non-hydrogen) atoms. The summed E-state index contributed by atoms with van der Waals surface area (Å²) >= 11 is 4.49. The average molecular weight is 656 g/mol. The summed E-state index contributed by atoms with van der Waals surface area (Å²) in [6.45, 7) is 0.0841. The Kier molecular flexibility index (Phi) is 9.26. The normalized spacial score (nSPS) is 23.6. The molecule has 214 valence electrons. The lowest BCUT2D eigenvalue weighted by Gasteiger charge is -2.31. The van der Waals surface area contributed by atoms with Crippen molar-refractivity contribution in [1.29, 1.82) is 0 Å². The number of nitrogens with one attached hydrogen (secondary N) is 1. The van der Waals surface area contributed by atoms with Crippen molar-refractivity contribution in [2.75, 3.05) is 25.4 Å². The molecule has 2 amide bonds. The van der Waals surface area contributed by atoms with Crippen LogP contribution < -0.4 is 10.2 Å². The molecule has 0 spiro atoms. The first-order valence-electron chi connectivity index (χ1n) is 12.1. The van der Waals surface area contributed by atoms with Crippen molar-refractivity contribution < 1.29 is 45.5 Å². The van der Waals surface area contributed by atoms with Gasteiger partial charge in [-0.3, -0.25) is 9.59 Å². The highest BCUT2D eigenvalue weighted by Gasteiger charge is 2.50. The first-order chi connectivity index (χ1) is 18.4. The Bertz CT molecular complexity index is 1300. The van der Waals surface area contributed by atoms with E-state index in [4.69, 9.17) is 9.57 Å². The maximum atomic E-state index is 13.8. The highest BCUT2D eigenvalue weighted by molar-refractivity contribution is 9.11. The molecule has 0 radical (unpaired) electrons. The molecule has 4 rings (SSSR count). The summed E-state index contributed by atoms with van der Waals surface area (Å²) in [6.07, 6.45) is -3.97.